The van der Waals surface area contributed by atoms with E-state index in [1.165, 1.54) is 38.4 Å². The van der Waals surface area contributed by atoms with Crippen molar-refractivity contribution >= 4 is 15.5 Å². The first kappa shape index (κ1) is 17.0. The van der Waals surface area contributed by atoms with Crippen LogP contribution in [0.15, 0.2) is 29.2 Å². The summed E-state index contributed by atoms with van der Waals surface area (Å²) in [5.74, 6) is 0. The highest BCUT2D eigenvalue weighted by atomic mass is 32.2. The fourth-order valence-electron chi connectivity index (χ4n) is 2.30. The van der Waals surface area contributed by atoms with Gasteiger partial charge in [0.25, 0.3) is 0 Å². The standard InChI is InChI=1S/C16H27NO2S/c1-4-5-6-7-8-11-14(2)17-15-12-9-10-13-16(15)20(3,18)19/h9-10,12-14,17H,4-8,11H2,1-3H3. The van der Waals surface area contributed by atoms with Gasteiger partial charge < -0.3 is 5.32 Å². The second-order valence-electron chi connectivity index (χ2n) is 5.52. The van der Waals surface area contributed by atoms with Gasteiger partial charge in [-0.25, -0.2) is 8.42 Å². The van der Waals surface area contributed by atoms with Crippen LogP contribution < -0.4 is 5.32 Å². The molecule has 0 aliphatic heterocycles. The molecule has 0 fully saturated rings. The summed E-state index contributed by atoms with van der Waals surface area (Å²) in [6.45, 7) is 4.32. The average molecular weight is 297 g/mol. The van der Waals surface area contributed by atoms with Gasteiger partial charge in [-0.05, 0) is 25.5 Å². The Kier molecular flexibility index (Phi) is 7.06. The zero-order chi connectivity index (χ0) is 15.0. The largest absolute Gasteiger partial charge is 0.382 e. The first-order chi connectivity index (χ1) is 9.45. The van der Waals surface area contributed by atoms with E-state index in [9.17, 15) is 8.42 Å². The normalized spacial score (nSPS) is 13.2. The quantitative estimate of drug-likeness (QED) is 0.693. The summed E-state index contributed by atoms with van der Waals surface area (Å²) in [6.07, 6.45) is 8.63. The zero-order valence-corrected chi connectivity index (χ0v) is 13.7. The van der Waals surface area contributed by atoms with Gasteiger partial charge in [0.15, 0.2) is 9.84 Å². The molecule has 0 saturated heterocycles. The molecule has 0 aromatic heterocycles. The van der Waals surface area contributed by atoms with Crippen LogP contribution in [0.25, 0.3) is 0 Å². The number of nitrogens with one attached hydrogen (secondary N) is 1. The molecule has 0 amide bonds. The molecule has 1 unspecified atom stereocenters. The Bertz CT molecular complexity index is 497. The molecule has 0 heterocycles. The van der Waals surface area contributed by atoms with Crippen LogP contribution >= 0.6 is 0 Å². The van der Waals surface area contributed by atoms with Crippen LogP contribution in [-0.2, 0) is 9.84 Å². The molecule has 0 saturated carbocycles. The minimum absolute atomic E-state index is 0.291. The lowest BCUT2D eigenvalue weighted by atomic mass is 10.1. The van der Waals surface area contributed by atoms with Crippen LogP contribution in [0, 0.1) is 0 Å². The fraction of sp³-hybridized carbons (Fsp3) is 0.625. The van der Waals surface area contributed by atoms with Crippen molar-refractivity contribution in [2.75, 3.05) is 11.6 Å². The van der Waals surface area contributed by atoms with Gasteiger partial charge in [-0.3, -0.25) is 0 Å². The Labute approximate surface area is 123 Å². The summed E-state index contributed by atoms with van der Waals surface area (Å²) in [7, 11) is -3.17. The molecule has 0 bridgehead atoms. The van der Waals surface area contributed by atoms with E-state index in [1.54, 1.807) is 12.1 Å². The maximum atomic E-state index is 11.7. The molecule has 0 aliphatic carbocycles. The third-order valence-electron chi connectivity index (χ3n) is 3.43. The van der Waals surface area contributed by atoms with Crippen LogP contribution in [-0.4, -0.2) is 20.7 Å². The molecule has 114 valence electrons. The highest BCUT2D eigenvalue weighted by Crippen LogP contribution is 2.22. The topological polar surface area (TPSA) is 46.2 Å². The molecule has 4 heteroatoms. The lowest BCUT2D eigenvalue weighted by molar-refractivity contribution is 0.577. The van der Waals surface area contributed by atoms with E-state index in [-0.39, 0.29) is 0 Å². The minimum atomic E-state index is -3.17. The third-order valence-corrected chi connectivity index (χ3v) is 4.58. The molecular formula is C16H27NO2S. The third kappa shape index (κ3) is 5.95. The zero-order valence-electron chi connectivity index (χ0n) is 12.9. The lowest BCUT2D eigenvalue weighted by Gasteiger charge is -2.17. The molecule has 0 aliphatic rings. The molecule has 1 aromatic rings. The van der Waals surface area contributed by atoms with E-state index >= 15 is 0 Å². The van der Waals surface area contributed by atoms with E-state index < -0.39 is 9.84 Å². The summed E-state index contributed by atoms with van der Waals surface area (Å²) in [5, 5.41) is 3.33. The van der Waals surface area contributed by atoms with E-state index in [0.29, 0.717) is 10.9 Å². The SMILES string of the molecule is CCCCCCCC(C)Nc1ccccc1S(C)(=O)=O. The number of hydrogen-bond donors (Lipinski definition) is 1. The number of benzene rings is 1. The van der Waals surface area contributed by atoms with Gasteiger partial charge >= 0.3 is 0 Å². The average Bonchev–Trinajstić information content (AvgIpc) is 2.38. The fourth-order valence-corrected chi connectivity index (χ4v) is 3.15. The van der Waals surface area contributed by atoms with Crippen molar-refractivity contribution in [3.63, 3.8) is 0 Å². The summed E-state index contributed by atoms with van der Waals surface area (Å²) in [5.41, 5.74) is 0.719. The van der Waals surface area contributed by atoms with E-state index in [0.717, 1.165) is 12.1 Å². The lowest BCUT2D eigenvalue weighted by Crippen LogP contribution is -2.17. The summed E-state index contributed by atoms with van der Waals surface area (Å²) < 4.78 is 23.5. The predicted octanol–water partition coefficient (Wildman–Crippen LogP) is 4.25. The summed E-state index contributed by atoms with van der Waals surface area (Å²) in [6, 6.07) is 7.41. The van der Waals surface area contributed by atoms with Crippen LogP contribution in [0.5, 0.6) is 0 Å². The molecule has 1 N–H and O–H groups in total. The Hall–Kier alpha value is -1.03. The van der Waals surface area contributed by atoms with Gasteiger partial charge in [0.1, 0.15) is 0 Å². The predicted molar refractivity (Wildman–Crippen MR) is 86.0 cm³/mol. The highest BCUT2D eigenvalue weighted by Gasteiger charge is 2.13. The van der Waals surface area contributed by atoms with E-state index in [4.69, 9.17) is 0 Å². The van der Waals surface area contributed by atoms with E-state index in [2.05, 4.69) is 19.2 Å². The number of hydrogen-bond acceptors (Lipinski definition) is 3. The number of sulfone groups is 1. The Morgan fingerprint density at radius 1 is 1.10 bits per heavy atom. The Morgan fingerprint density at radius 3 is 2.40 bits per heavy atom. The molecule has 1 aromatic carbocycles. The van der Waals surface area contributed by atoms with Crippen LogP contribution in [0.3, 0.4) is 0 Å². The van der Waals surface area contributed by atoms with E-state index in [1.807, 2.05) is 12.1 Å². The molecule has 0 spiro atoms. The van der Waals surface area contributed by atoms with Crippen LogP contribution in [0.2, 0.25) is 0 Å². The van der Waals surface area contributed by atoms with Crippen molar-refractivity contribution in [2.24, 2.45) is 0 Å². The number of anilines is 1. The summed E-state index contributed by atoms with van der Waals surface area (Å²) >= 11 is 0. The molecule has 20 heavy (non-hydrogen) atoms. The minimum Gasteiger partial charge on any atom is -0.382 e. The molecule has 1 atom stereocenters. The van der Waals surface area contributed by atoms with Gasteiger partial charge in [0.05, 0.1) is 10.6 Å². The second kappa shape index (κ2) is 8.30. The number of unbranched alkanes of at least 4 members (excludes halogenated alkanes) is 4. The van der Waals surface area contributed by atoms with Gasteiger partial charge in [0, 0.05) is 12.3 Å². The van der Waals surface area contributed by atoms with Crippen molar-refractivity contribution in [3.8, 4) is 0 Å². The Morgan fingerprint density at radius 2 is 1.75 bits per heavy atom. The number of para-hydroxylation sites is 1. The Balaban J connectivity index is 2.52. The monoisotopic (exact) mass is 297 g/mol. The number of rotatable bonds is 9. The van der Waals surface area contributed by atoms with Gasteiger partial charge in [-0.2, -0.15) is 0 Å². The van der Waals surface area contributed by atoms with Crippen LogP contribution in [0.4, 0.5) is 5.69 Å². The summed E-state index contributed by atoms with van der Waals surface area (Å²) in [4.78, 5) is 0.387. The van der Waals surface area contributed by atoms with Crippen molar-refractivity contribution in [1.82, 2.24) is 0 Å². The van der Waals surface area contributed by atoms with Crippen LogP contribution in [0.1, 0.15) is 52.4 Å². The smallest absolute Gasteiger partial charge is 0.177 e. The first-order valence-corrected chi connectivity index (χ1v) is 9.40. The van der Waals surface area contributed by atoms with Gasteiger partial charge in [-0.15, -0.1) is 0 Å². The second-order valence-corrected chi connectivity index (χ2v) is 7.50. The maximum absolute atomic E-state index is 11.7. The van der Waals surface area contributed by atoms with Gasteiger partial charge in [-0.1, -0.05) is 51.2 Å². The highest BCUT2D eigenvalue weighted by molar-refractivity contribution is 7.90. The van der Waals surface area contributed by atoms with Crippen molar-refractivity contribution in [2.45, 2.75) is 63.3 Å². The van der Waals surface area contributed by atoms with Crippen molar-refractivity contribution in [1.29, 1.82) is 0 Å². The van der Waals surface area contributed by atoms with Gasteiger partial charge in [0.2, 0.25) is 0 Å². The van der Waals surface area contributed by atoms with Crippen molar-refractivity contribution < 1.29 is 8.42 Å². The molecule has 1 rings (SSSR count). The molecule has 0 radical (unpaired) electrons. The van der Waals surface area contributed by atoms with Crippen molar-refractivity contribution in [3.05, 3.63) is 24.3 Å². The first-order valence-electron chi connectivity index (χ1n) is 7.50. The molecular weight excluding hydrogens is 270 g/mol. The maximum Gasteiger partial charge on any atom is 0.177 e. The molecule has 3 nitrogen and oxygen atoms in total.